The number of esters is 1. The van der Waals surface area contributed by atoms with Crippen molar-refractivity contribution < 1.29 is 14.3 Å². The van der Waals surface area contributed by atoms with Crippen LogP contribution in [-0.4, -0.2) is 12.6 Å². The van der Waals surface area contributed by atoms with Gasteiger partial charge in [0.15, 0.2) is 0 Å². The molecule has 3 aromatic rings. The lowest BCUT2D eigenvalue weighted by atomic mass is 10.0. The molecule has 0 aliphatic rings. The Morgan fingerprint density at radius 1 is 0.667 bits per heavy atom. The molecule has 3 rings (SSSR count). The van der Waals surface area contributed by atoms with Gasteiger partial charge >= 0.3 is 5.97 Å². The van der Waals surface area contributed by atoms with E-state index in [1.165, 1.54) is 0 Å². The second-order valence-electron chi connectivity index (χ2n) is 6.48. The maximum Gasteiger partial charge on any atom is 0.311 e. The molecule has 0 radical (unpaired) electrons. The SMILES string of the molecule is O=C(OCc1ccccc1)[C@H](COCc1ccccc1)Cc1ccccc1. The normalized spacial score (nSPS) is 11.7. The Hall–Kier alpha value is -2.91. The van der Waals surface area contributed by atoms with Crippen LogP contribution in [0.15, 0.2) is 91.0 Å². The molecule has 0 aliphatic carbocycles. The van der Waals surface area contributed by atoms with Crippen LogP contribution in [0.25, 0.3) is 0 Å². The largest absolute Gasteiger partial charge is 0.461 e. The number of rotatable bonds is 9. The first-order valence-corrected chi connectivity index (χ1v) is 9.17. The van der Waals surface area contributed by atoms with Crippen LogP contribution in [-0.2, 0) is 33.9 Å². The van der Waals surface area contributed by atoms with E-state index in [0.717, 1.165) is 16.7 Å². The van der Waals surface area contributed by atoms with Crippen LogP contribution in [0.1, 0.15) is 16.7 Å². The van der Waals surface area contributed by atoms with E-state index in [9.17, 15) is 4.79 Å². The number of hydrogen-bond donors (Lipinski definition) is 0. The molecule has 0 amide bonds. The lowest BCUT2D eigenvalue weighted by Gasteiger charge is -2.17. The summed E-state index contributed by atoms with van der Waals surface area (Å²) in [5.74, 6) is -0.560. The van der Waals surface area contributed by atoms with Crippen molar-refractivity contribution in [2.45, 2.75) is 19.6 Å². The van der Waals surface area contributed by atoms with E-state index in [0.29, 0.717) is 19.6 Å². The van der Waals surface area contributed by atoms with E-state index in [1.54, 1.807) is 0 Å². The van der Waals surface area contributed by atoms with Crippen LogP contribution in [0.4, 0.5) is 0 Å². The van der Waals surface area contributed by atoms with Crippen molar-refractivity contribution in [2.24, 2.45) is 5.92 Å². The summed E-state index contributed by atoms with van der Waals surface area (Å²) in [7, 11) is 0. The monoisotopic (exact) mass is 360 g/mol. The van der Waals surface area contributed by atoms with E-state index in [1.807, 2.05) is 91.0 Å². The molecular weight excluding hydrogens is 336 g/mol. The first kappa shape index (κ1) is 18.9. The van der Waals surface area contributed by atoms with Crippen molar-refractivity contribution in [3.05, 3.63) is 108 Å². The zero-order valence-corrected chi connectivity index (χ0v) is 15.3. The molecule has 0 bridgehead atoms. The van der Waals surface area contributed by atoms with Gasteiger partial charge in [-0.15, -0.1) is 0 Å². The van der Waals surface area contributed by atoms with E-state index in [4.69, 9.17) is 9.47 Å². The third kappa shape index (κ3) is 6.39. The standard InChI is InChI=1S/C24H24O3/c25-24(27-18-22-14-8-3-9-15-22)23(16-20-10-4-1-5-11-20)19-26-17-21-12-6-2-7-13-21/h1-15,23H,16-19H2/t23-/m0/s1. The summed E-state index contributed by atoms with van der Waals surface area (Å²) in [5, 5.41) is 0. The van der Waals surface area contributed by atoms with Crippen LogP contribution >= 0.6 is 0 Å². The summed E-state index contributed by atoms with van der Waals surface area (Å²) < 4.78 is 11.4. The van der Waals surface area contributed by atoms with Crippen LogP contribution in [0.5, 0.6) is 0 Å². The third-order valence-electron chi connectivity index (χ3n) is 4.31. The molecule has 0 aliphatic heterocycles. The number of hydrogen-bond acceptors (Lipinski definition) is 3. The van der Waals surface area contributed by atoms with Crippen molar-refractivity contribution in [3.8, 4) is 0 Å². The number of benzene rings is 3. The van der Waals surface area contributed by atoms with Crippen molar-refractivity contribution in [1.29, 1.82) is 0 Å². The van der Waals surface area contributed by atoms with Crippen LogP contribution < -0.4 is 0 Å². The van der Waals surface area contributed by atoms with Gasteiger partial charge in [0.25, 0.3) is 0 Å². The molecular formula is C24H24O3. The topological polar surface area (TPSA) is 35.5 Å². The van der Waals surface area contributed by atoms with Crippen molar-refractivity contribution in [2.75, 3.05) is 6.61 Å². The first-order chi connectivity index (χ1) is 13.3. The predicted molar refractivity (Wildman–Crippen MR) is 106 cm³/mol. The van der Waals surface area contributed by atoms with E-state index in [2.05, 4.69) is 0 Å². The van der Waals surface area contributed by atoms with Gasteiger partial charge in [-0.3, -0.25) is 4.79 Å². The molecule has 0 saturated heterocycles. The average molecular weight is 360 g/mol. The smallest absolute Gasteiger partial charge is 0.311 e. The second kappa shape index (κ2) is 10.3. The molecule has 0 saturated carbocycles. The molecule has 3 aromatic carbocycles. The highest BCUT2D eigenvalue weighted by Gasteiger charge is 2.21. The van der Waals surface area contributed by atoms with Gasteiger partial charge in [-0.2, -0.15) is 0 Å². The predicted octanol–water partition coefficient (Wildman–Crippen LogP) is 4.81. The lowest BCUT2D eigenvalue weighted by molar-refractivity contribution is -0.152. The molecule has 0 aromatic heterocycles. The number of ether oxygens (including phenoxy) is 2. The molecule has 3 heteroatoms. The molecule has 27 heavy (non-hydrogen) atoms. The van der Waals surface area contributed by atoms with Gasteiger partial charge in [0.2, 0.25) is 0 Å². The van der Waals surface area contributed by atoms with Crippen molar-refractivity contribution >= 4 is 5.97 Å². The van der Waals surface area contributed by atoms with Crippen LogP contribution in [0, 0.1) is 5.92 Å². The number of carbonyl (C=O) groups excluding carboxylic acids is 1. The first-order valence-electron chi connectivity index (χ1n) is 9.17. The minimum atomic E-state index is -0.333. The Balaban J connectivity index is 1.58. The Morgan fingerprint density at radius 2 is 1.15 bits per heavy atom. The minimum Gasteiger partial charge on any atom is -0.461 e. The molecule has 138 valence electrons. The van der Waals surface area contributed by atoms with E-state index >= 15 is 0 Å². The van der Waals surface area contributed by atoms with E-state index < -0.39 is 0 Å². The summed E-state index contributed by atoms with van der Waals surface area (Å²) in [4.78, 5) is 12.7. The van der Waals surface area contributed by atoms with Crippen molar-refractivity contribution in [3.63, 3.8) is 0 Å². The van der Waals surface area contributed by atoms with Gasteiger partial charge in [0, 0.05) is 0 Å². The highest BCUT2D eigenvalue weighted by atomic mass is 16.5. The van der Waals surface area contributed by atoms with Gasteiger partial charge in [0.05, 0.1) is 19.1 Å². The molecule has 0 N–H and O–H groups in total. The fourth-order valence-electron chi connectivity index (χ4n) is 2.85. The summed E-state index contributed by atoms with van der Waals surface area (Å²) in [6.45, 7) is 1.10. The summed E-state index contributed by atoms with van der Waals surface area (Å²) >= 11 is 0. The molecule has 0 spiro atoms. The quantitative estimate of drug-likeness (QED) is 0.514. The maximum absolute atomic E-state index is 12.7. The highest BCUT2D eigenvalue weighted by Crippen LogP contribution is 2.14. The Bertz CT molecular complexity index is 801. The second-order valence-corrected chi connectivity index (χ2v) is 6.48. The zero-order chi connectivity index (χ0) is 18.7. The van der Waals surface area contributed by atoms with Gasteiger partial charge in [-0.05, 0) is 23.1 Å². The maximum atomic E-state index is 12.7. The zero-order valence-electron chi connectivity index (χ0n) is 15.3. The lowest BCUT2D eigenvalue weighted by Crippen LogP contribution is -2.25. The molecule has 0 fully saturated rings. The Morgan fingerprint density at radius 3 is 1.70 bits per heavy atom. The molecule has 3 nitrogen and oxygen atoms in total. The molecule has 0 heterocycles. The minimum absolute atomic E-state index is 0.226. The van der Waals surface area contributed by atoms with Crippen LogP contribution in [0.2, 0.25) is 0 Å². The van der Waals surface area contributed by atoms with Gasteiger partial charge < -0.3 is 9.47 Å². The highest BCUT2D eigenvalue weighted by molar-refractivity contribution is 5.73. The fraction of sp³-hybridized carbons (Fsp3) is 0.208. The van der Waals surface area contributed by atoms with Gasteiger partial charge in [0.1, 0.15) is 6.61 Å². The van der Waals surface area contributed by atoms with Gasteiger partial charge in [-0.1, -0.05) is 91.0 Å². The Labute approximate surface area is 160 Å². The fourth-order valence-corrected chi connectivity index (χ4v) is 2.85. The van der Waals surface area contributed by atoms with Crippen LogP contribution in [0.3, 0.4) is 0 Å². The molecule has 0 unspecified atom stereocenters. The van der Waals surface area contributed by atoms with Crippen molar-refractivity contribution in [1.82, 2.24) is 0 Å². The summed E-state index contributed by atoms with van der Waals surface area (Å²) in [6, 6.07) is 29.7. The average Bonchev–Trinajstić information content (AvgIpc) is 2.73. The van der Waals surface area contributed by atoms with Gasteiger partial charge in [-0.25, -0.2) is 0 Å². The van der Waals surface area contributed by atoms with E-state index in [-0.39, 0.29) is 18.5 Å². The summed E-state index contributed by atoms with van der Waals surface area (Å²) in [5.41, 5.74) is 3.17. The third-order valence-corrected chi connectivity index (χ3v) is 4.31. The molecule has 1 atom stereocenters. The number of carbonyl (C=O) groups is 1. The Kier molecular flexibility index (Phi) is 7.19. The summed E-state index contributed by atoms with van der Waals surface area (Å²) in [6.07, 6.45) is 0.600.